The lowest BCUT2D eigenvalue weighted by Crippen LogP contribution is -2.58. The molecule has 3 N–H and O–H groups in total. The molecule has 5 nitrogen and oxygen atoms in total. The van der Waals surface area contributed by atoms with Gasteiger partial charge in [-0.15, -0.1) is 0 Å². The van der Waals surface area contributed by atoms with E-state index in [1.165, 1.54) is 0 Å². The fraction of sp³-hybridized carbons (Fsp3) is 1.00. The second-order valence-corrected chi connectivity index (χ2v) is 7.68. The first-order valence-corrected chi connectivity index (χ1v) is 8.39. The van der Waals surface area contributed by atoms with Crippen LogP contribution in [0.1, 0.15) is 40.0 Å². The summed E-state index contributed by atoms with van der Waals surface area (Å²) in [6, 6.07) is 0.0876. The molecule has 0 bridgehead atoms. The van der Waals surface area contributed by atoms with Gasteiger partial charge in [0, 0.05) is 17.3 Å². The van der Waals surface area contributed by atoms with Gasteiger partial charge in [-0.2, -0.15) is 0 Å². The smallest absolute Gasteiger partial charge is 0.150 e. The largest absolute Gasteiger partial charge is 0.302 e. The summed E-state index contributed by atoms with van der Waals surface area (Å²) < 4.78 is 22.9. The number of nitrogens with zero attached hydrogens (tertiary/aromatic N) is 1. The van der Waals surface area contributed by atoms with Gasteiger partial charge in [0.2, 0.25) is 0 Å². The maximum absolute atomic E-state index is 11.5. The maximum atomic E-state index is 11.5. The molecule has 0 fully saturated rings. The molecule has 0 aliphatic carbocycles. The van der Waals surface area contributed by atoms with Crippen LogP contribution in [0, 0.1) is 0 Å². The van der Waals surface area contributed by atoms with Crippen LogP contribution in [-0.4, -0.2) is 50.5 Å². The molecule has 0 aliphatic rings. The molecule has 0 aromatic carbocycles. The Morgan fingerprint density at radius 2 is 1.89 bits per heavy atom. The molecule has 6 heteroatoms. The molecule has 0 radical (unpaired) electrons. The molecule has 110 valence electrons. The van der Waals surface area contributed by atoms with E-state index in [1.54, 1.807) is 6.92 Å². The van der Waals surface area contributed by atoms with Crippen molar-refractivity contribution in [2.75, 3.05) is 25.6 Å². The Morgan fingerprint density at radius 3 is 2.22 bits per heavy atom. The van der Waals surface area contributed by atoms with E-state index in [1.807, 2.05) is 14.1 Å². The first kappa shape index (κ1) is 17.8. The van der Waals surface area contributed by atoms with Crippen molar-refractivity contribution in [2.24, 2.45) is 5.84 Å². The molecule has 0 aromatic heterocycles. The van der Waals surface area contributed by atoms with Crippen LogP contribution >= 0.6 is 0 Å². The number of likely N-dealkylation sites (N-methyl/N-ethyl adjacent to an activating group) is 1. The van der Waals surface area contributed by atoms with Gasteiger partial charge in [0.1, 0.15) is 9.84 Å². The first-order chi connectivity index (χ1) is 8.23. The third-order valence-electron chi connectivity index (χ3n) is 4.08. The van der Waals surface area contributed by atoms with Crippen molar-refractivity contribution in [3.63, 3.8) is 0 Å². The van der Waals surface area contributed by atoms with E-state index >= 15 is 0 Å². The van der Waals surface area contributed by atoms with E-state index in [2.05, 4.69) is 24.2 Å². The Bertz CT molecular complexity index is 330. The van der Waals surface area contributed by atoms with Crippen molar-refractivity contribution in [1.29, 1.82) is 0 Å². The molecule has 0 aromatic rings. The number of sulfone groups is 1. The van der Waals surface area contributed by atoms with E-state index in [0.29, 0.717) is 6.42 Å². The van der Waals surface area contributed by atoms with Gasteiger partial charge in [-0.05, 0) is 40.3 Å². The molecule has 0 spiro atoms. The van der Waals surface area contributed by atoms with Gasteiger partial charge in [0.15, 0.2) is 0 Å². The molecule has 0 saturated carbocycles. The van der Waals surface area contributed by atoms with Crippen LogP contribution in [0.4, 0.5) is 0 Å². The highest BCUT2D eigenvalue weighted by Gasteiger charge is 2.33. The lowest BCUT2D eigenvalue weighted by molar-refractivity contribution is 0.108. The zero-order valence-electron chi connectivity index (χ0n) is 12.4. The van der Waals surface area contributed by atoms with E-state index in [-0.39, 0.29) is 23.1 Å². The number of nitrogens with two attached hydrogens (primary N) is 1. The summed E-state index contributed by atoms with van der Waals surface area (Å²) in [5, 5.41) is 0. The van der Waals surface area contributed by atoms with Crippen molar-refractivity contribution in [3.05, 3.63) is 0 Å². The number of rotatable bonds is 9. The van der Waals surface area contributed by atoms with Crippen LogP contribution in [-0.2, 0) is 9.84 Å². The lowest BCUT2D eigenvalue weighted by Gasteiger charge is -2.42. The third-order valence-corrected chi connectivity index (χ3v) is 5.87. The van der Waals surface area contributed by atoms with Crippen molar-refractivity contribution >= 4 is 9.84 Å². The Hall–Kier alpha value is -0.170. The second-order valence-electron chi connectivity index (χ2n) is 5.20. The van der Waals surface area contributed by atoms with E-state index in [9.17, 15) is 8.42 Å². The maximum Gasteiger partial charge on any atom is 0.150 e. The van der Waals surface area contributed by atoms with Gasteiger partial charge in [0.05, 0.1) is 5.75 Å². The Balaban J connectivity index is 4.53. The summed E-state index contributed by atoms with van der Waals surface area (Å²) >= 11 is 0. The highest BCUT2D eigenvalue weighted by Crippen LogP contribution is 2.23. The summed E-state index contributed by atoms with van der Waals surface area (Å²) in [6.07, 6.45) is 2.36. The molecular formula is C12H29N3O2S. The number of nitrogens with one attached hydrogen (secondary N) is 1. The normalized spacial score (nSPS) is 17.7. The topological polar surface area (TPSA) is 75.4 Å². The fourth-order valence-corrected chi connectivity index (χ4v) is 2.99. The molecule has 2 atom stereocenters. The highest BCUT2D eigenvalue weighted by molar-refractivity contribution is 7.91. The molecular weight excluding hydrogens is 250 g/mol. The number of hydrogen-bond donors (Lipinski definition) is 2. The van der Waals surface area contributed by atoms with Crippen molar-refractivity contribution in [1.82, 2.24) is 10.3 Å². The number of hydrazine groups is 1. The van der Waals surface area contributed by atoms with E-state index in [4.69, 9.17) is 5.84 Å². The molecule has 2 unspecified atom stereocenters. The van der Waals surface area contributed by atoms with Crippen LogP contribution in [0.25, 0.3) is 0 Å². The molecule has 0 amide bonds. The molecule has 0 rings (SSSR count). The minimum absolute atomic E-state index is 0.0648. The lowest BCUT2D eigenvalue weighted by atomic mass is 9.86. The van der Waals surface area contributed by atoms with Crippen molar-refractivity contribution < 1.29 is 8.42 Å². The predicted molar refractivity (Wildman–Crippen MR) is 77.1 cm³/mol. The standard InChI is InChI=1S/C12H29N3O2S/c1-6-12(3,15(4)5)11(14-13)9-8-10-18(16,17)7-2/h11,14H,6-10,13H2,1-5H3. The fourth-order valence-electron chi connectivity index (χ4n) is 2.10. The summed E-state index contributed by atoms with van der Waals surface area (Å²) in [4.78, 5) is 2.14. The number of hydrogen-bond acceptors (Lipinski definition) is 5. The van der Waals surface area contributed by atoms with Crippen LogP contribution in [0.15, 0.2) is 0 Å². The summed E-state index contributed by atoms with van der Waals surface area (Å²) in [5.41, 5.74) is 2.78. The average molecular weight is 279 g/mol. The van der Waals surface area contributed by atoms with Crippen molar-refractivity contribution in [2.45, 2.75) is 51.6 Å². The summed E-state index contributed by atoms with van der Waals surface area (Å²) in [7, 11) is 1.17. The zero-order chi connectivity index (χ0) is 14.4. The monoisotopic (exact) mass is 279 g/mol. The quantitative estimate of drug-likeness (QED) is 0.481. The summed E-state index contributed by atoms with van der Waals surface area (Å²) in [5.74, 6) is 6.09. The van der Waals surface area contributed by atoms with Crippen LogP contribution in [0.3, 0.4) is 0 Å². The zero-order valence-corrected chi connectivity index (χ0v) is 13.2. The van der Waals surface area contributed by atoms with Crippen LogP contribution < -0.4 is 11.3 Å². The van der Waals surface area contributed by atoms with Gasteiger partial charge in [-0.25, -0.2) is 8.42 Å². The summed E-state index contributed by atoms with van der Waals surface area (Å²) in [6.45, 7) is 5.95. The highest BCUT2D eigenvalue weighted by atomic mass is 32.2. The van der Waals surface area contributed by atoms with Gasteiger partial charge in [-0.1, -0.05) is 13.8 Å². The SMILES string of the molecule is CCC(C)(C(CCCS(=O)(=O)CC)NN)N(C)C. The van der Waals surface area contributed by atoms with Gasteiger partial charge < -0.3 is 4.90 Å². The molecule has 0 aliphatic heterocycles. The Morgan fingerprint density at radius 1 is 1.33 bits per heavy atom. The Kier molecular flexibility index (Phi) is 7.36. The van der Waals surface area contributed by atoms with Gasteiger partial charge >= 0.3 is 0 Å². The van der Waals surface area contributed by atoms with Crippen LogP contribution in [0.5, 0.6) is 0 Å². The third kappa shape index (κ3) is 4.84. The first-order valence-electron chi connectivity index (χ1n) is 6.57. The average Bonchev–Trinajstić information content (AvgIpc) is 2.33. The molecule has 0 heterocycles. The minimum atomic E-state index is -2.88. The second kappa shape index (κ2) is 7.43. The van der Waals surface area contributed by atoms with E-state index in [0.717, 1.165) is 12.8 Å². The van der Waals surface area contributed by atoms with Gasteiger partial charge in [-0.3, -0.25) is 11.3 Å². The predicted octanol–water partition coefficient (Wildman–Crippen LogP) is 0.764. The van der Waals surface area contributed by atoms with E-state index < -0.39 is 9.84 Å². The molecule has 18 heavy (non-hydrogen) atoms. The molecule has 0 saturated heterocycles. The van der Waals surface area contributed by atoms with Crippen LogP contribution in [0.2, 0.25) is 0 Å². The van der Waals surface area contributed by atoms with Gasteiger partial charge in [0.25, 0.3) is 0 Å². The Labute approximate surface area is 112 Å². The minimum Gasteiger partial charge on any atom is -0.302 e. The van der Waals surface area contributed by atoms with Crippen molar-refractivity contribution in [3.8, 4) is 0 Å².